The maximum atomic E-state index is 11.4. The molecule has 1 fully saturated rings. The van der Waals surface area contributed by atoms with Crippen molar-refractivity contribution in [2.75, 3.05) is 39.5 Å². The average molecular weight is 334 g/mol. The van der Waals surface area contributed by atoms with E-state index in [1.807, 2.05) is 6.92 Å². The molecule has 0 saturated carbocycles. The lowest BCUT2D eigenvalue weighted by Crippen LogP contribution is -2.38. The number of morpholine rings is 1. The van der Waals surface area contributed by atoms with Crippen molar-refractivity contribution in [1.82, 2.24) is 4.90 Å². The molecule has 7 heteroatoms. The third-order valence-electron chi connectivity index (χ3n) is 3.72. The number of rotatable bonds is 5. The van der Waals surface area contributed by atoms with Crippen molar-refractivity contribution >= 4 is 19.7 Å². The molecule has 1 aromatic rings. The molecule has 0 aromatic heterocycles. The Labute approximate surface area is 130 Å². The van der Waals surface area contributed by atoms with Crippen molar-refractivity contribution in [2.24, 2.45) is 0 Å². The van der Waals surface area contributed by atoms with E-state index < -0.39 is 9.05 Å². The van der Waals surface area contributed by atoms with Crippen LogP contribution in [0.3, 0.4) is 0 Å². The van der Waals surface area contributed by atoms with Crippen LogP contribution < -0.4 is 4.74 Å². The molecule has 118 valence electrons. The lowest BCUT2D eigenvalue weighted by atomic mass is 10.1. The Kier molecular flexibility index (Phi) is 5.48. The molecule has 1 aliphatic rings. The van der Waals surface area contributed by atoms with Crippen molar-refractivity contribution < 1.29 is 17.9 Å². The largest absolute Gasteiger partial charge is 0.492 e. The highest BCUT2D eigenvalue weighted by Crippen LogP contribution is 2.28. The van der Waals surface area contributed by atoms with E-state index in [1.165, 1.54) is 6.07 Å². The summed E-state index contributed by atoms with van der Waals surface area (Å²) in [6.45, 7) is 8.34. The Bertz CT molecular complexity index is 597. The summed E-state index contributed by atoms with van der Waals surface area (Å²) >= 11 is 0. The highest BCUT2D eigenvalue weighted by Gasteiger charge is 2.17. The fraction of sp³-hybridized carbons (Fsp3) is 0.571. The summed E-state index contributed by atoms with van der Waals surface area (Å²) in [5.41, 5.74) is 1.44. The number of halogens is 1. The molecule has 0 unspecified atom stereocenters. The van der Waals surface area contributed by atoms with E-state index in [9.17, 15) is 8.42 Å². The molecule has 0 radical (unpaired) electrons. The minimum absolute atomic E-state index is 0.141. The summed E-state index contributed by atoms with van der Waals surface area (Å²) in [6, 6.07) is 3.16. The minimum atomic E-state index is -3.72. The number of ether oxygens (including phenoxy) is 2. The van der Waals surface area contributed by atoms with Crippen molar-refractivity contribution in [2.45, 2.75) is 18.7 Å². The maximum absolute atomic E-state index is 11.4. The Hall–Kier alpha value is -0.820. The van der Waals surface area contributed by atoms with Gasteiger partial charge in [0.2, 0.25) is 0 Å². The van der Waals surface area contributed by atoms with Gasteiger partial charge < -0.3 is 9.47 Å². The molecule has 0 spiro atoms. The van der Waals surface area contributed by atoms with E-state index in [0.29, 0.717) is 17.9 Å². The summed E-state index contributed by atoms with van der Waals surface area (Å²) in [7, 11) is 1.69. The molecule has 21 heavy (non-hydrogen) atoms. The summed E-state index contributed by atoms with van der Waals surface area (Å²) in [6.07, 6.45) is 0. The molecule has 0 aliphatic carbocycles. The Morgan fingerprint density at radius 1 is 1.24 bits per heavy atom. The molecule has 0 bridgehead atoms. The zero-order chi connectivity index (χ0) is 15.5. The molecule has 0 amide bonds. The second-order valence-corrected chi connectivity index (χ2v) is 7.59. The molecule has 0 atom stereocenters. The van der Waals surface area contributed by atoms with Crippen LogP contribution in [0, 0.1) is 13.8 Å². The average Bonchev–Trinajstić information content (AvgIpc) is 2.43. The lowest BCUT2D eigenvalue weighted by molar-refractivity contribution is 0.0322. The fourth-order valence-electron chi connectivity index (χ4n) is 2.30. The quantitative estimate of drug-likeness (QED) is 0.771. The summed E-state index contributed by atoms with van der Waals surface area (Å²) in [5.74, 6) is 0.699. The van der Waals surface area contributed by atoms with E-state index in [1.54, 1.807) is 13.0 Å². The van der Waals surface area contributed by atoms with E-state index in [0.717, 1.165) is 38.4 Å². The summed E-state index contributed by atoms with van der Waals surface area (Å²) < 4.78 is 33.9. The van der Waals surface area contributed by atoms with Gasteiger partial charge in [0.1, 0.15) is 12.4 Å². The van der Waals surface area contributed by atoms with Crippen molar-refractivity contribution in [3.63, 3.8) is 0 Å². The van der Waals surface area contributed by atoms with Gasteiger partial charge in [-0.3, -0.25) is 4.90 Å². The van der Waals surface area contributed by atoms with Crippen LogP contribution in [0.1, 0.15) is 11.1 Å². The molecule has 5 nitrogen and oxygen atoms in total. The maximum Gasteiger partial charge on any atom is 0.261 e. The first-order valence-electron chi connectivity index (χ1n) is 6.87. The van der Waals surface area contributed by atoms with Gasteiger partial charge in [-0.05, 0) is 37.1 Å². The molecular weight excluding hydrogens is 314 g/mol. The normalized spacial score (nSPS) is 16.9. The van der Waals surface area contributed by atoms with Gasteiger partial charge in [-0.2, -0.15) is 0 Å². The topological polar surface area (TPSA) is 55.8 Å². The highest BCUT2D eigenvalue weighted by molar-refractivity contribution is 8.13. The predicted octanol–water partition coefficient (Wildman–Crippen LogP) is 1.94. The van der Waals surface area contributed by atoms with Gasteiger partial charge in [-0.1, -0.05) is 0 Å². The van der Waals surface area contributed by atoms with Crippen LogP contribution in [-0.4, -0.2) is 52.8 Å². The number of nitrogens with zero attached hydrogens (tertiary/aromatic N) is 1. The predicted molar refractivity (Wildman–Crippen MR) is 81.7 cm³/mol. The Balaban J connectivity index is 1.99. The third-order valence-corrected chi connectivity index (χ3v) is 5.19. The molecule has 0 N–H and O–H groups in total. The second-order valence-electron chi connectivity index (χ2n) is 5.05. The third kappa shape index (κ3) is 4.32. The van der Waals surface area contributed by atoms with E-state index in [2.05, 4.69) is 4.90 Å². The molecule has 1 saturated heterocycles. The van der Waals surface area contributed by atoms with Crippen LogP contribution in [0.2, 0.25) is 0 Å². The lowest BCUT2D eigenvalue weighted by Gasteiger charge is -2.26. The van der Waals surface area contributed by atoms with Gasteiger partial charge in [0.05, 0.1) is 18.1 Å². The van der Waals surface area contributed by atoms with Crippen molar-refractivity contribution in [1.29, 1.82) is 0 Å². The number of benzene rings is 1. The fourth-order valence-corrected chi connectivity index (χ4v) is 3.55. The summed E-state index contributed by atoms with van der Waals surface area (Å²) in [5, 5.41) is 0. The zero-order valence-corrected chi connectivity index (χ0v) is 13.8. The van der Waals surface area contributed by atoms with Gasteiger partial charge in [0.25, 0.3) is 9.05 Å². The van der Waals surface area contributed by atoms with Crippen LogP contribution in [0.4, 0.5) is 0 Å². The van der Waals surface area contributed by atoms with E-state index in [4.69, 9.17) is 20.2 Å². The Morgan fingerprint density at radius 2 is 1.90 bits per heavy atom. The zero-order valence-electron chi connectivity index (χ0n) is 12.3. The van der Waals surface area contributed by atoms with Gasteiger partial charge in [-0.25, -0.2) is 8.42 Å². The molecule has 1 aliphatic heterocycles. The number of hydrogen-bond donors (Lipinski definition) is 0. The van der Waals surface area contributed by atoms with Crippen molar-refractivity contribution in [3.8, 4) is 5.75 Å². The SMILES string of the molecule is Cc1c(OCCN2CCOCC2)ccc(S(=O)(=O)Cl)c1C. The minimum Gasteiger partial charge on any atom is -0.492 e. The van der Waals surface area contributed by atoms with Gasteiger partial charge in [-0.15, -0.1) is 0 Å². The highest BCUT2D eigenvalue weighted by atomic mass is 35.7. The summed E-state index contributed by atoms with van der Waals surface area (Å²) in [4.78, 5) is 2.42. The van der Waals surface area contributed by atoms with Crippen LogP contribution in [-0.2, 0) is 13.8 Å². The molecular formula is C14H20ClNO4S. The molecule has 1 aromatic carbocycles. The van der Waals surface area contributed by atoms with Crippen LogP contribution in [0.25, 0.3) is 0 Å². The second kappa shape index (κ2) is 6.96. The van der Waals surface area contributed by atoms with Crippen LogP contribution in [0.5, 0.6) is 5.75 Å². The van der Waals surface area contributed by atoms with Gasteiger partial charge in [0, 0.05) is 30.3 Å². The van der Waals surface area contributed by atoms with Gasteiger partial charge >= 0.3 is 0 Å². The Morgan fingerprint density at radius 3 is 2.52 bits per heavy atom. The van der Waals surface area contributed by atoms with E-state index in [-0.39, 0.29) is 4.90 Å². The molecule has 1 heterocycles. The monoisotopic (exact) mass is 333 g/mol. The first-order valence-corrected chi connectivity index (χ1v) is 9.18. The van der Waals surface area contributed by atoms with Crippen LogP contribution >= 0.6 is 10.7 Å². The van der Waals surface area contributed by atoms with Crippen molar-refractivity contribution in [3.05, 3.63) is 23.3 Å². The first kappa shape index (κ1) is 16.5. The van der Waals surface area contributed by atoms with Crippen LogP contribution in [0.15, 0.2) is 17.0 Å². The smallest absolute Gasteiger partial charge is 0.261 e. The van der Waals surface area contributed by atoms with E-state index >= 15 is 0 Å². The standard InChI is InChI=1S/C14H20ClNO4S/c1-11-12(2)14(21(15,17)18)4-3-13(11)20-10-7-16-5-8-19-9-6-16/h3-4H,5-10H2,1-2H3. The van der Waals surface area contributed by atoms with Gasteiger partial charge in [0.15, 0.2) is 0 Å². The molecule has 2 rings (SSSR count). The number of hydrogen-bond acceptors (Lipinski definition) is 5. The first-order chi connectivity index (χ1) is 9.89.